The number of amides is 1. The molecule has 32 heavy (non-hydrogen) atoms. The first-order valence-corrected chi connectivity index (χ1v) is 11.0. The molecule has 2 aromatic carbocycles. The van der Waals surface area contributed by atoms with Crippen LogP contribution in [0.1, 0.15) is 64.0 Å². The number of alkyl carbamates (subject to hydrolysis) is 1. The lowest BCUT2D eigenvalue weighted by Gasteiger charge is -2.23. The molecule has 1 aliphatic carbocycles. The second-order valence-corrected chi connectivity index (χ2v) is 9.20. The summed E-state index contributed by atoms with van der Waals surface area (Å²) in [7, 11) is 0. The molecule has 2 aromatic rings. The molecular formula is C26H31NO5. The molecule has 1 atom stereocenters. The molecule has 0 saturated carbocycles. The number of nitrogens with one attached hydrogen (secondary N) is 1. The number of ether oxygens (including phenoxy) is 2. The smallest absolute Gasteiger partial charge is 0.407 e. The molecule has 0 spiro atoms. The minimum Gasteiger partial charge on any atom is -0.460 e. The van der Waals surface area contributed by atoms with Gasteiger partial charge in [0, 0.05) is 18.4 Å². The van der Waals surface area contributed by atoms with Gasteiger partial charge in [-0.2, -0.15) is 0 Å². The largest absolute Gasteiger partial charge is 0.460 e. The summed E-state index contributed by atoms with van der Waals surface area (Å²) in [5, 5.41) is 2.75. The summed E-state index contributed by atoms with van der Waals surface area (Å²) >= 11 is 0. The zero-order valence-corrected chi connectivity index (χ0v) is 19.1. The van der Waals surface area contributed by atoms with Crippen molar-refractivity contribution in [2.75, 3.05) is 6.61 Å². The van der Waals surface area contributed by atoms with Crippen molar-refractivity contribution in [1.82, 2.24) is 5.32 Å². The maximum Gasteiger partial charge on any atom is 0.407 e. The zero-order chi connectivity index (χ0) is 23.3. The van der Waals surface area contributed by atoms with Gasteiger partial charge in [0.25, 0.3) is 0 Å². The van der Waals surface area contributed by atoms with Gasteiger partial charge in [-0.1, -0.05) is 48.5 Å². The third-order valence-electron chi connectivity index (χ3n) is 5.34. The van der Waals surface area contributed by atoms with Crippen LogP contribution in [0.2, 0.25) is 0 Å². The fourth-order valence-corrected chi connectivity index (χ4v) is 3.99. The van der Waals surface area contributed by atoms with Crippen LogP contribution < -0.4 is 5.32 Å². The van der Waals surface area contributed by atoms with E-state index in [0.29, 0.717) is 6.42 Å². The highest BCUT2D eigenvalue weighted by Gasteiger charge is 2.29. The highest BCUT2D eigenvalue weighted by Crippen LogP contribution is 2.44. The van der Waals surface area contributed by atoms with Crippen LogP contribution in [-0.4, -0.2) is 36.1 Å². The quantitative estimate of drug-likeness (QED) is 0.588. The molecule has 1 N–H and O–H groups in total. The number of fused-ring (bicyclic) bond motifs is 3. The Morgan fingerprint density at radius 3 is 2.06 bits per heavy atom. The van der Waals surface area contributed by atoms with Crippen LogP contribution in [0.15, 0.2) is 48.5 Å². The molecule has 0 aromatic heterocycles. The standard InChI is InChI=1S/C26H31NO5/c1-17(28)13-14-18(15-24(29)32-26(2,3)4)27-25(30)31-16-23-21-11-7-5-9-19(21)20-10-6-8-12-22(20)23/h5-12,18,23H,13-16H2,1-4H3,(H,27,30)/t18-/m0/s1. The van der Waals surface area contributed by atoms with Crippen LogP contribution in [0.5, 0.6) is 0 Å². The average Bonchev–Trinajstić information content (AvgIpc) is 3.03. The Kier molecular flexibility index (Phi) is 7.33. The molecule has 0 bridgehead atoms. The van der Waals surface area contributed by atoms with Gasteiger partial charge in [-0.05, 0) is 56.4 Å². The van der Waals surface area contributed by atoms with E-state index in [1.54, 1.807) is 20.8 Å². The number of rotatable bonds is 8. The summed E-state index contributed by atoms with van der Waals surface area (Å²) < 4.78 is 10.9. The van der Waals surface area contributed by atoms with Crippen LogP contribution in [0.4, 0.5) is 4.79 Å². The van der Waals surface area contributed by atoms with Gasteiger partial charge in [0.1, 0.15) is 18.0 Å². The average molecular weight is 438 g/mol. The zero-order valence-electron chi connectivity index (χ0n) is 19.1. The Labute approximate surface area is 189 Å². The van der Waals surface area contributed by atoms with Gasteiger partial charge in [-0.15, -0.1) is 0 Å². The van der Waals surface area contributed by atoms with Crippen molar-refractivity contribution in [2.45, 2.75) is 64.5 Å². The summed E-state index contributed by atoms with van der Waals surface area (Å²) in [5.41, 5.74) is 3.95. The number of carbonyl (C=O) groups is 3. The van der Waals surface area contributed by atoms with Gasteiger partial charge >= 0.3 is 12.1 Å². The lowest BCUT2D eigenvalue weighted by Crippen LogP contribution is -2.39. The summed E-state index contributed by atoms with van der Waals surface area (Å²) in [6.07, 6.45) is -0.0195. The molecule has 170 valence electrons. The van der Waals surface area contributed by atoms with Crippen molar-refractivity contribution >= 4 is 17.8 Å². The molecule has 0 unspecified atom stereocenters. The third kappa shape index (κ3) is 6.19. The summed E-state index contributed by atoms with van der Waals surface area (Å²) in [5.74, 6) is -0.479. The Hall–Kier alpha value is -3.15. The molecule has 0 heterocycles. The van der Waals surface area contributed by atoms with E-state index in [2.05, 4.69) is 29.6 Å². The minimum absolute atomic E-state index is 0.00599. The molecule has 6 heteroatoms. The topological polar surface area (TPSA) is 81.7 Å². The first-order valence-electron chi connectivity index (χ1n) is 11.0. The second-order valence-electron chi connectivity index (χ2n) is 9.20. The maximum atomic E-state index is 12.6. The van der Waals surface area contributed by atoms with E-state index in [1.807, 2.05) is 24.3 Å². The van der Waals surface area contributed by atoms with E-state index in [-0.39, 0.29) is 31.1 Å². The predicted molar refractivity (Wildman–Crippen MR) is 122 cm³/mol. The van der Waals surface area contributed by atoms with Crippen LogP contribution >= 0.6 is 0 Å². The molecule has 6 nitrogen and oxygen atoms in total. The van der Waals surface area contributed by atoms with Gasteiger partial charge in [0.05, 0.1) is 6.42 Å². The van der Waals surface area contributed by atoms with Crippen molar-refractivity contribution in [3.8, 4) is 11.1 Å². The molecule has 1 aliphatic rings. The predicted octanol–water partition coefficient (Wildman–Crippen LogP) is 4.99. The number of benzene rings is 2. The second kappa shape index (κ2) is 9.98. The fraction of sp³-hybridized carbons (Fsp3) is 0.423. The van der Waals surface area contributed by atoms with E-state index < -0.39 is 23.7 Å². The van der Waals surface area contributed by atoms with Crippen LogP contribution in [0, 0.1) is 0 Å². The van der Waals surface area contributed by atoms with Crippen LogP contribution in [-0.2, 0) is 19.1 Å². The lowest BCUT2D eigenvalue weighted by molar-refractivity contribution is -0.155. The van der Waals surface area contributed by atoms with E-state index in [9.17, 15) is 14.4 Å². The van der Waals surface area contributed by atoms with E-state index in [1.165, 1.54) is 6.92 Å². The minimum atomic E-state index is -0.619. The Morgan fingerprint density at radius 1 is 0.969 bits per heavy atom. The number of hydrogen-bond acceptors (Lipinski definition) is 5. The lowest BCUT2D eigenvalue weighted by atomic mass is 9.98. The van der Waals surface area contributed by atoms with Gasteiger partial charge in [-0.3, -0.25) is 4.79 Å². The van der Waals surface area contributed by atoms with E-state index in [4.69, 9.17) is 9.47 Å². The SMILES string of the molecule is CC(=O)CC[C@@H](CC(=O)OC(C)(C)C)NC(=O)OCC1c2ccccc2-c2ccccc21. The first-order chi connectivity index (χ1) is 15.1. The number of Topliss-reactive ketones (excluding diaryl/α,β-unsaturated/α-hetero) is 1. The van der Waals surface area contributed by atoms with Crippen molar-refractivity contribution in [2.24, 2.45) is 0 Å². The highest BCUT2D eigenvalue weighted by molar-refractivity contribution is 5.79. The van der Waals surface area contributed by atoms with Gasteiger partial charge in [-0.25, -0.2) is 4.79 Å². The van der Waals surface area contributed by atoms with E-state index in [0.717, 1.165) is 22.3 Å². The normalized spacial score (nSPS) is 13.6. The molecule has 3 rings (SSSR count). The third-order valence-corrected chi connectivity index (χ3v) is 5.34. The molecule has 0 fully saturated rings. The maximum absolute atomic E-state index is 12.6. The van der Waals surface area contributed by atoms with Crippen molar-refractivity contribution < 1.29 is 23.9 Å². The van der Waals surface area contributed by atoms with Gasteiger partial charge < -0.3 is 19.6 Å². The number of hydrogen-bond donors (Lipinski definition) is 1. The summed E-state index contributed by atoms with van der Waals surface area (Å²) in [6.45, 7) is 7.03. The van der Waals surface area contributed by atoms with Crippen molar-refractivity contribution in [3.63, 3.8) is 0 Å². The van der Waals surface area contributed by atoms with Crippen molar-refractivity contribution in [1.29, 1.82) is 0 Å². The monoisotopic (exact) mass is 437 g/mol. The molecular weight excluding hydrogens is 406 g/mol. The summed E-state index contributed by atoms with van der Waals surface area (Å²) in [4.78, 5) is 36.2. The molecule has 0 radical (unpaired) electrons. The van der Waals surface area contributed by atoms with Crippen LogP contribution in [0.3, 0.4) is 0 Å². The van der Waals surface area contributed by atoms with Gasteiger partial charge in [0.2, 0.25) is 0 Å². The van der Waals surface area contributed by atoms with Crippen molar-refractivity contribution in [3.05, 3.63) is 59.7 Å². The molecule has 0 saturated heterocycles. The fourth-order valence-electron chi connectivity index (χ4n) is 3.99. The van der Waals surface area contributed by atoms with E-state index >= 15 is 0 Å². The van der Waals surface area contributed by atoms with Crippen LogP contribution in [0.25, 0.3) is 11.1 Å². The molecule has 0 aliphatic heterocycles. The van der Waals surface area contributed by atoms with Gasteiger partial charge in [0.15, 0.2) is 0 Å². The molecule has 1 amide bonds. The Morgan fingerprint density at radius 2 is 1.53 bits per heavy atom. The number of carbonyl (C=O) groups excluding carboxylic acids is 3. The summed E-state index contributed by atoms with van der Waals surface area (Å²) in [6, 6.07) is 15.7. The highest BCUT2D eigenvalue weighted by atomic mass is 16.6. The Balaban J connectivity index is 1.63. The first kappa shape index (κ1) is 23.5. The number of ketones is 1. The Bertz CT molecular complexity index is 946. The number of esters is 1.